The van der Waals surface area contributed by atoms with Gasteiger partial charge in [-0.25, -0.2) is 14.4 Å². The molecule has 1 aliphatic heterocycles. The van der Waals surface area contributed by atoms with Crippen LogP contribution in [0.25, 0.3) is 11.1 Å². The van der Waals surface area contributed by atoms with Gasteiger partial charge >= 0.3 is 0 Å². The Kier molecular flexibility index (Phi) is 5.53. The predicted octanol–water partition coefficient (Wildman–Crippen LogP) is 4.00. The van der Waals surface area contributed by atoms with Gasteiger partial charge in [-0.2, -0.15) is 0 Å². The van der Waals surface area contributed by atoms with E-state index in [4.69, 9.17) is 11.6 Å². The number of carbonyl (C=O) groups is 1. The van der Waals surface area contributed by atoms with Crippen LogP contribution in [0.15, 0.2) is 48.8 Å². The van der Waals surface area contributed by atoms with Crippen LogP contribution in [0.3, 0.4) is 0 Å². The molecule has 3 heterocycles. The molecule has 1 fully saturated rings. The number of hydrogen-bond donors (Lipinski definition) is 2. The van der Waals surface area contributed by atoms with E-state index in [1.807, 2.05) is 18.2 Å². The number of halogens is 2. The van der Waals surface area contributed by atoms with E-state index in [1.165, 1.54) is 11.0 Å². The molecule has 2 aromatic heterocycles. The number of aliphatic hydroxyl groups is 1. The zero-order chi connectivity index (χ0) is 22.2. The first kappa shape index (κ1) is 20.8. The molecule has 0 unspecified atom stereocenters. The van der Waals surface area contributed by atoms with Crippen molar-refractivity contribution in [2.45, 2.75) is 37.8 Å². The molecular formula is C24H22ClFN4O2. The van der Waals surface area contributed by atoms with Gasteiger partial charge in [-0.05, 0) is 71.8 Å². The average molecular weight is 453 g/mol. The maximum atomic E-state index is 15.2. The molecule has 1 aliphatic carbocycles. The van der Waals surface area contributed by atoms with Crippen LogP contribution in [0, 0.1) is 5.82 Å². The summed E-state index contributed by atoms with van der Waals surface area (Å²) in [5, 5.41) is 13.1. The number of nitrogens with zero attached hydrogens (tertiary/aromatic N) is 3. The second kappa shape index (κ2) is 8.48. The van der Waals surface area contributed by atoms with E-state index in [-0.39, 0.29) is 29.6 Å². The van der Waals surface area contributed by atoms with E-state index in [0.717, 1.165) is 16.7 Å². The molecule has 32 heavy (non-hydrogen) atoms. The zero-order valence-corrected chi connectivity index (χ0v) is 18.0. The molecule has 1 saturated carbocycles. The first-order valence-electron chi connectivity index (χ1n) is 10.6. The lowest BCUT2D eigenvalue weighted by Crippen LogP contribution is -2.39. The molecule has 0 atom stereocenters. The first-order chi connectivity index (χ1) is 15.5. The first-order valence-corrected chi connectivity index (χ1v) is 11.0. The third-order valence-electron chi connectivity index (χ3n) is 6.05. The minimum absolute atomic E-state index is 0.0720. The number of aliphatic hydroxyl groups excluding tert-OH is 1. The van der Waals surface area contributed by atoms with Gasteiger partial charge in [0.1, 0.15) is 16.8 Å². The monoisotopic (exact) mass is 452 g/mol. The van der Waals surface area contributed by atoms with Crippen LogP contribution in [0.2, 0.25) is 5.15 Å². The highest BCUT2D eigenvalue weighted by Crippen LogP contribution is 2.36. The van der Waals surface area contributed by atoms with Gasteiger partial charge < -0.3 is 15.3 Å². The predicted molar refractivity (Wildman–Crippen MR) is 121 cm³/mol. The third-order valence-corrected chi connectivity index (χ3v) is 6.39. The summed E-state index contributed by atoms with van der Waals surface area (Å²) in [5.41, 5.74) is 3.36. The van der Waals surface area contributed by atoms with Gasteiger partial charge in [-0.15, -0.1) is 0 Å². The maximum absolute atomic E-state index is 15.2. The summed E-state index contributed by atoms with van der Waals surface area (Å²) >= 11 is 6.08. The van der Waals surface area contributed by atoms with Gasteiger partial charge in [0.2, 0.25) is 5.91 Å². The Balaban J connectivity index is 1.37. The van der Waals surface area contributed by atoms with Crippen LogP contribution in [0.1, 0.15) is 24.0 Å². The lowest BCUT2D eigenvalue weighted by Gasteiger charge is -2.32. The van der Waals surface area contributed by atoms with E-state index in [2.05, 4.69) is 15.3 Å². The van der Waals surface area contributed by atoms with Gasteiger partial charge in [0.05, 0.1) is 18.2 Å². The largest absolute Gasteiger partial charge is 0.393 e. The van der Waals surface area contributed by atoms with Gasteiger partial charge in [0.25, 0.3) is 0 Å². The van der Waals surface area contributed by atoms with Crippen molar-refractivity contribution in [3.63, 3.8) is 0 Å². The Morgan fingerprint density at radius 2 is 2.03 bits per heavy atom. The summed E-state index contributed by atoms with van der Waals surface area (Å²) in [4.78, 5) is 22.7. The minimum Gasteiger partial charge on any atom is -0.393 e. The summed E-state index contributed by atoms with van der Waals surface area (Å²) in [6.45, 7) is 0.430. The van der Waals surface area contributed by atoms with Crippen molar-refractivity contribution in [3.05, 3.63) is 70.9 Å². The summed E-state index contributed by atoms with van der Waals surface area (Å²) in [7, 11) is 0. The zero-order valence-electron chi connectivity index (χ0n) is 17.3. The van der Waals surface area contributed by atoms with Crippen molar-refractivity contribution in [2.75, 3.05) is 16.8 Å². The number of pyridine rings is 2. The molecule has 1 aromatic carbocycles. The molecule has 1 amide bonds. The Morgan fingerprint density at radius 3 is 2.81 bits per heavy atom. The molecule has 0 saturated heterocycles. The molecule has 0 spiro atoms. The standard InChI is InChI=1S/C24H22ClFN4O2/c25-24-16(2-1-5-28-24)11-22(32)30-7-4-15-8-17(9-20(26)23(15)30)14-3-6-27-21(10-14)29-18-12-19(31)13-18/h1-3,5-6,8-10,18-19,31H,4,7,11-13H2,(H,27,29)/t18-,19+. The average Bonchev–Trinajstić information content (AvgIpc) is 3.19. The Bertz CT molecular complexity index is 1180. The van der Waals surface area contributed by atoms with Crippen molar-refractivity contribution in [2.24, 2.45) is 0 Å². The normalized spacial score (nSPS) is 19.4. The highest BCUT2D eigenvalue weighted by molar-refractivity contribution is 6.30. The van der Waals surface area contributed by atoms with Gasteiger partial charge in [0, 0.05) is 25.0 Å². The lowest BCUT2D eigenvalue weighted by atomic mass is 9.89. The van der Waals surface area contributed by atoms with Gasteiger partial charge in [0.15, 0.2) is 0 Å². The maximum Gasteiger partial charge on any atom is 0.231 e. The summed E-state index contributed by atoms with van der Waals surface area (Å²) in [6.07, 6.45) is 5.07. The van der Waals surface area contributed by atoms with E-state index >= 15 is 4.39 Å². The van der Waals surface area contributed by atoms with Gasteiger partial charge in [-0.3, -0.25) is 4.79 Å². The molecule has 8 heteroatoms. The van der Waals surface area contributed by atoms with Crippen LogP contribution in [-0.4, -0.2) is 39.7 Å². The second-order valence-corrected chi connectivity index (χ2v) is 8.65. The number of fused-ring (bicyclic) bond motifs is 1. The number of anilines is 2. The van der Waals surface area contributed by atoms with Crippen molar-refractivity contribution < 1.29 is 14.3 Å². The van der Waals surface area contributed by atoms with E-state index < -0.39 is 5.82 Å². The number of nitrogens with one attached hydrogen (secondary N) is 1. The molecule has 0 bridgehead atoms. The number of benzene rings is 1. The van der Waals surface area contributed by atoms with Crippen LogP contribution >= 0.6 is 11.6 Å². The number of amides is 1. The second-order valence-electron chi connectivity index (χ2n) is 8.29. The minimum atomic E-state index is -0.422. The summed E-state index contributed by atoms with van der Waals surface area (Å²) < 4.78 is 15.2. The number of rotatable bonds is 5. The molecule has 6 nitrogen and oxygen atoms in total. The highest BCUT2D eigenvalue weighted by atomic mass is 35.5. The van der Waals surface area contributed by atoms with Crippen LogP contribution < -0.4 is 10.2 Å². The van der Waals surface area contributed by atoms with Crippen LogP contribution in [-0.2, 0) is 17.6 Å². The Hall–Kier alpha value is -3.03. The Morgan fingerprint density at radius 1 is 1.19 bits per heavy atom. The Labute approximate surface area is 190 Å². The van der Waals surface area contributed by atoms with Crippen molar-refractivity contribution >= 4 is 29.0 Å². The fraction of sp³-hybridized carbons (Fsp3) is 0.292. The van der Waals surface area contributed by atoms with Crippen LogP contribution in [0.4, 0.5) is 15.9 Å². The topological polar surface area (TPSA) is 78.4 Å². The molecule has 2 N–H and O–H groups in total. The number of hydrogen-bond acceptors (Lipinski definition) is 5. The van der Waals surface area contributed by atoms with Crippen LogP contribution in [0.5, 0.6) is 0 Å². The fourth-order valence-electron chi connectivity index (χ4n) is 4.32. The third kappa shape index (κ3) is 4.06. The molecule has 3 aromatic rings. The highest BCUT2D eigenvalue weighted by Gasteiger charge is 2.29. The summed E-state index contributed by atoms with van der Waals surface area (Å²) in [6, 6.07) is 10.8. The van der Waals surface area contributed by atoms with E-state index in [9.17, 15) is 9.90 Å². The fourth-order valence-corrected chi connectivity index (χ4v) is 4.51. The molecule has 5 rings (SSSR count). The molecule has 164 valence electrons. The quantitative estimate of drug-likeness (QED) is 0.572. The number of aromatic nitrogens is 2. The van der Waals surface area contributed by atoms with Crippen molar-refractivity contribution in [3.8, 4) is 11.1 Å². The van der Waals surface area contributed by atoms with E-state index in [0.29, 0.717) is 42.9 Å². The van der Waals surface area contributed by atoms with Crippen molar-refractivity contribution in [1.82, 2.24) is 9.97 Å². The smallest absolute Gasteiger partial charge is 0.231 e. The number of carbonyl (C=O) groups excluding carboxylic acids is 1. The van der Waals surface area contributed by atoms with Gasteiger partial charge in [-0.1, -0.05) is 17.7 Å². The van der Waals surface area contributed by atoms with E-state index in [1.54, 1.807) is 24.5 Å². The molecule has 0 radical (unpaired) electrons. The SMILES string of the molecule is O=C(Cc1cccnc1Cl)N1CCc2cc(-c3ccnc(N[C@H]4C[C@@H](O)C4)c3)cc(F)c21. The van der Waals surface area contributed by atoms with Crippen molar-refractivity contribution in [1.29, 1.82) is 0 Å². The lowest BCUT2D eigenvalue weighted by molar-refractivity contribution is -0.117. The molecule has 2 aliphatic rings. The molecular weight excluding hydrogens is 431 g/mol. The summed E-state index contributed by atoms with van der Waals surface area (Å²) in [5.74, 6) is 0.0721.